The van der Waals surface area contributed by atoms with E-state index >= 15 is 0 Å². The van der Waals surface area contributed by atoms with Crippen LogP contribution in [0.5, 0.6) is 0 Å². The van der Waals surface area contributed by atoms with E-state index in [1.54, 1.807) is 18.4 Å². The minimum atomic E-state index is 0.721. The van der Waals surface area contributed by atoms with Crippen molar-refractivity contribution in [2.75, 3.05) is 20.3 Å². The molecule has 0 saturated heterocycles. The molecule has 19 heavy (non-hydrogen) atoms. The van der Waals surface area contributed by atoms with E-state index in [0.717, 1.165) is 47.3 Å². The Balaban J connectivity index is 2.08. The van der Waals surface area contributed by atoms with Crippen molar-refractivity contribution >= 4 is 11.3 Å². The lowest BCUT2D eigenvalue weighted by atomic mass is 10.1. The van der Waals surface area contributed by atoms with Gasteiger partial charge in [0.15, 0.2) is 0 Å². The second kappa shape index (κ2) is 6.27. The summed E-state index contributed by atoms with van der Waals surface area (Å²) in [6.45, 7) is 6.45. The molecule has 2 rings (SSSR count). The van der Waals surface area contributed by atoms with Gasteiger partial charge in [-0.1, -0.05) is 0 Å². The molecule has 0 atom stereocenters. The maximum Gasteiger partial charge on any atom is 0.107 e. The first-order valence-electron chi connectivity index (χ1n) is 6.28. The molecule has 0 aliphatic rings. The van der Waals surface area contributed by atoms with Crippen LogP contribution in [0.2, 0.25) is 0 Å². The van der Waals surface area contributed by atoms with E-state index < -0.39 is 0 Å². The molecule has 6 heteroatoms. The molecular weight excluding hydrogens is 260 g/mol. The summed E-state index contributed by atoms with van der Waals surface area (Å²) in [6.07, 6.45) is 0. The summed E-state index contributed by atoms with van der Waals surface area (Å²) >= 11 is 1.68. The van der Waals surface area contributed by atoms with E-state index in [4.69, 9.17) is 4.74 Å². The highest BCUT2D eigenvalue weighted by molar-refractivity contribution is 7.09. The quantitative estimate of drug-likeness (QED) is 0.821. The summed E-state index contributed by atoms with van der Waals surface area (Å²) in [5.41, 5.74) is 4.37. The van der Waals surface area contributed by atoms with Crippen molar-refractivity contribution in [3.05, 3.63) is 21.8 Å². The van der Waals surface area contributed by atoms with Crippen molar-refractivity contribution in [1.82, 2.24) is 20.1 Å². The SMILES string of the molecule is COCCNCc1nc(-c2c(C)nn(C)c2C)cs1. The molecule has 5 nitrogen and oxygen atoms in total. The summed E-state index contributed by atoms with van der Waals surface area (Å²) < 4.78 is 6.90. The molecule has 0 spiro atoms. The van der Waals surface area contributed by atoms with Crippen molar-refractivity contribution in [2.24, 2.45) is 7.05 Å². The van der Waals surface area contributed by atoms with Crippen molar-refractivity contribution in [1.29, 1.82) is 0 Å². The first kappa shape index (κ1) is 14.2. The van der Waals surface area contributed by atoms with Crippen LogP contribution in [0.4, 0.5) is 0 Å². The van der Waals surface area contributed by atoms with Crippen molar-refractivity contribution in [3.8, 4) is 11.3 Å². The zero-order valence-electron chi connectivity index (χ0n) is 11.9. The molecule has 2 heterocycles. The van der Waals surface area contributed by atoms with Gasteiger partial charge in [-0.05, 0) is 13.8 Å². The second-order valence-corrected chi connectivity index (χ2v) is 5.41. The lowest BCUT2D eigenvalue weighted by molar-refractivity contribution is 0.199. The molecule has 0 aromatic carbocycles. The molecule has 0 unspecified atom stereocenters. The summed E-state index contributed by atoms with van der Waals surface area (Å²) in [4.78, 5) is 4.68. The van der Waals surface area contributed by atoms with Gasteiger partial charge < -0.3 is 10.1 Å². The van der Waals surface area contributed by atoms with Crippen LogP contribution in [-0.4, -0.2) is 35.0 Å². The maximum atomic E-state index is 5.00. The van der Waals surface area contributed by atoms with Crippen molar-refractivity contribution in [2.45, 2.75) is 20.4 Å². The standard InChI is InChI=1S/C13H20N4OS/c1-9-13(10(2)17(3)16-9)11-8-19-12(15-11)7-14-5-6-18-4/h8,14H,5-7H2,1-4H3. The first-order chi connectivity index (χ1) is 9.13. The fourth-order valence-electron chi connectivity index (χ4n) is 2.02. The molecule has 1 N–H and O–H groups in total. The zero-order chi connectivity index (χ0) is 13.8. The Hall–Kier alpha value is -1.24. The van der Waals surface area contributed by atoms with Gasteiger partial charge in [0.2, 0.25) is 0 Å². The van der Waals surface area contributed by atoms with E-state index in [-0.39, 0.29) is 0 Å². The lowest BCUT2D eigenvalue weighted by Crippen LogP contribution is -2.18. The summed E-state index contributed by atoms with van der Waals surface area (Å²) in [7, 11) is 3.67. The number of hydrogen-bond donors (Lipinski definition) is 1. The predicted molar refractivity (Wildman–Crippen MR) is 77.4 cm³/mol. The van der Waals surface area contributed by atoms with Gasteiger partial charge >= 0.3 is 0 Å². The van der Waals surface area contributed by atoms with E-state index in [2.05, 4.69) is 27.7 Å². The van der Waals surface area contributed by atoms with Crippen molar-refractivity contribution < 1.29 is 4.74 Å². The Labute approximate surface area is 117 Å². The monoisotopic (exact) mass is 280 g/mol. The van der Waals surface area contributed by atoms with Crippen LogP contribution in [-0.2, 0) is 18.3 Å². The van der Waals surface area contributed by atoms with Gasteiger partial charge in [-0.25, -0.2) is 4.98 Å². The third kappa shape index (κ3) is 3.20. The Morgan fingerprint density at radius 3 is 2.84 bits per heavy atom. The molecule has 0 fully saturated rings. The fourth-order valence-corrected chi connectivity index (χ4v) is 2.78. The third-order valence-corrected chi connectivity index (χ3v) is 3.92. The molecule has 2 aromatic rings. The van der Waals surface area contributed by atoms with Gasteiger partial charge in [0.1, 0.15) is 5.01 Å². The molecule has 0 amide bonds. The van der Waals surface area contributed by atoms with E-state index in [1.807, 2.05) is 18.7 Å². The number of nitrogens with one attached hydrogen (secondary N) is 1. The Bertz CT molecular complexity index is 547. The number of ether oxygens (including phenoxy) is 1. The Morgan fingerprint density at radius 1 is 1.42 bits per heavy atom. The third-order valence-electron chi connectivity index (χ3n) is 3.08. The number of nitrogens with zero attached hydrogens (tertiary/aromatic N) is 3. The van der Waals surface area contributed by atoms with E-state index in [0.29, 0.717) is 0 Å². The molecule has 0 aliphatic carbocycles. The van der Waals surface area contributed by atoms with Crippen LogP contribution in [0.15, 0.2) is 5.38 Å². The number of hydrogen-bond acceptors (Lipinski definition) is 5. The van der Waals surface area contributed by atoms with Gasteiger partial charge in [-0.3, -0.25) is 4.68 Å². The number of rotatable bonds is 6. The predicted octanol–water partition coefficient (Wildman–Crippen LogP) is 1.90. The lowest BCUT2D eigenvalue weighted by Gasteiger charge is -2.00. The molecule has 0 saturated carbocycles. The Morgan fingerprint density at radius 2 is 2.21 bits per heavy atom. The largest absolute Gasteiger partial charge is 0.383 e. The van der Waals surface area contributed by atoms with E-state index in [1.165, 1.54) is 0 Å². The number of aryl methyl sites for hydroxylation is 2. The van der Waals surface area contributed by atoms with Gasteiger partial charge in [0, 0.05) is 43.9 Å². The first-order valence-corrected chi connectivity index (χ1v) is 7.16. The van der Waals surface area contributed by atoms with Gasteiger partial charge in [-0.2, -0.15) is 5.10 Å². The smallest absolute Gasteiger partial charge is 0.107 e. The number of methoxy groups -OCH3 is 1. The minimum absolute atomic E-state index is 0.721. The minimum Gasteiger partial charge on any atom is -0.383 e. The molecule has 0 radical (unpaired) electrons. The fraction of sp³-hybridized carbons (Fsp3) is 0.538. The molecule has 0 bridgehead atoms. The maximum absolute atomic E-state index is 5.00. The summed E-state index contributed by atoms with van der Waals surface area (Å²) in [5.74, 6) is 0. The zero-order valence-corrected chi connectivity index (χ0v) is 12.7. The van der Waals surface area contributed by atoms with Crippen LogP contribution in [0.1, 0.15) is 16.4 Å². The normalized spacial score (nSPS) is 11.2. The second-order valence-electron chi connectivity index (χ2n) is 4.47. The van der Waals surface area contributed by atoms with Crippen molar-refractivity contribution in [3.63, 3.8) is 0 Å². The van der Waals surface area contributed by atoms with Gasteiger partial charge in [0.05, 0.1) is 18.0 Å². The average Bonchev–Trinajstić information content (AvgIpc) is 2.91. The van der Waals surface area contributed by atoms with Gasteiger partial charge in [-0.15, -0.1) is 11.3 Å². The van der Waals surface area contributed by atoms with Crippen LogP contribution in [0, 0.1) is 13.8 Å². The highest BCUT2D eigenvalue weighted by atomic mass is 32.1. The highest BCUT2D eigenvalue weighted by Crippen LogP contribution is 2.27. The summed E-state index contributed by atoms with van der Waals surface area (Å²) in [6, 6.07) is 0. The molecule has 2 aromatic heterocycles. The molecule has 104 valence electrons. The summed E-state index contributed by atoms with van der Waals surface area (Å²) in [5, 5.41) is 10.9. The average molecular weight is 280 g/mol. The number of aromatic nitrogens is 3. The molecular formula is C13H20N4OS. The number of thiazole rings is 1. The van der Waals surface area contributed by atoms with Crippen LogP contribution >= 0.6 is 11.3 Å². The topological polar surface area (TPSA) is 52.0 Å². The molecule has 0 aliphatic heterocycles. The highest BCUT2D eigenvalue weighted by Gasteiger charge is 2.14. The van der Waals surface area contributed by atoms with Crippen LogP contribution in [0.3, 0.4) is 0 Å². The Kier molecular flexibility index (Phi) is 4.68. The van der Waals surface area contributed by atoms with Crippen LogP contribution < -0.4 is 5.32 Å². The van der Waals surface area contributed by atoms with Gasteiger partial charge in [0.25, 0.3) is 0 Å². The van der Waals surface area contributed by atoms with Crippen LogP contribution in [0.25, 0.3) is 11.3 Å². The van der Waals surface area contributed by atoms with E-state index in [9.17, 15) is 0 Å².